The number of piperidine rings is 1. The third-order valence-electron chi connectivity index (χ3n) is 6.99. The molecule has 198 valence electrons. The molecule has 2 aliphatic rings. The van der Waals surface area contributed by atoms with Crippen LogP contribution in [0.2, 0.25) is 0 Å². The summed E-state index contributed by atoms with van der Waals surface area (Å²) in [5.74, 6) is -0.320. The minimum Gasteiger partial charge on any atom is -0.349 e. The van der Waals surface area contributed by atoms with Gasteiger partial charge in [0.25, 0.3) is 11.8 Å². The van der Waals surface area contributed by atoms with Gasteiger partial charge in [0.1, 0.15) is 11.4 Å². The second-order valence-electron chi connectivity index (χ2n) is 9.64. The van der Waals surface area contributed by atoms with Crippen LogP contribution in [-0.2, 0) is 6.18 Å². The number of carbonyl (C=O) groups is 2. The molecule has 0 bridgehead atoms. The van der Waals surface area contributed by atoms with Gasteiger partial charge in [0.2, 0.25) is 0 Å². The molecule has 0 spiro atoms. The Kier molecular flexibility index (Phi) is 6.47. The number of benzene rings is 1. The summed E-state index contributed by atoms with van der Waals surface area (Å²) in [6.07, 6.45) is 3.20. The third-order valence-corrected chi connectivity index (χ3v) is 9.03. The molecular formula is C26H24F3N5O2S2. The second kappa shape index (κ2) is 9.81. The summed E-state index contributed by atoms with van der Waals surface area (Å²) in [7, 11) is 0. The van der Waals surface area contributed by atoms with Crippen molar-refractivity contribution in [3.63, 3.8) is 0 Å². The predicted molar refractivity (Wildman–Crippen MR) is 139 cm³/mol. The van der Waals surface area contributed by atoms with Crippen LogP contribution >= 0.6 is 22.7 Å². The molecule has 0 unspecified atom stereocenters. The fourth-order valence-electron chi connectivity index (χ4n) is 4.83. The fourth-order valence-corrected chi connectivity index (χ4v) is 6.74. The molecule has 6 rings (SSSR count). The van der Waals surface area contributed by atoms with Gasteiger partial charge < -0.3 is 10.2 Å². The third kappa shape index (κ3) is 4.82. The highest BCUT2D eigenvalue weighted by Crippen LogP contribution is 2.45. The molecule has 2 amide bonds. The van der Waals surface area contributed by atoms with Gasteiger partial charge in [0.05, 0.1) is 21.6 Å². The van der Waals surface area contributed by atoms with E-state index in [0.717, 1.165) is 47.8 Å². The van der Waals surface area contributed by atoms with Gasteiger partial charge in [0, 0.05) is 36.6 Å². The second-order valence-corrected chi connectivity index (χ2v) is 11.5. The summed E-state index contributed by atoms with van der Waals surface area (Å²) >= 11 is 2.74. The van der Waals surface area contributed by atoms with E-state index in [1.54, 1.807) is 21.6 Å². The van der Waals surface area contributed by atoms with Crippen molar-refractivity contribution in [1.82, 2.24) is 24.6 Å². The SMILES string of the molecule is O=C(NC[C@@H]1CCCCN1C(=O)c1nc(C2CC2)sc1-c1cccc(C(F)(F)F)c1)c1cnc2sccn12. The number of halogens is 3. The van der Waals surface area contributed by atoms with E-state index >= 15 is 0 Å². The predicted octanol–water partition coefficient (Wildman–Crippen LogP) is 5.84. The van der Waals surface area contributed by atoms with Gasteiger partial charge in [-0.1, -0.05) is 12.1 Å². The van der Waals surface area contributed by atoms with Crippen molar-refractivity contribution in [3.8, 4) is 10.4 Å². The number of alkyl halides is 3. The van der Waals surface area contributed by atoms with Crippen LogP contribution in [0.5, 0.6) is 0 Å². The summed E-state index contributed by atoms with van der Waals surface area (Å²) < 4.78 is 42.0. The van der Waals surface area contributed by atoms with E-state index in [1.807, 2.05) is 5.38 Å². The van der Waals surface area contributed by atoms with Crippen LogP contribution in [0.15, 0.2) is 42.0 Å². The number of nitrogens with one attached hydrogen (secondary N) is 1. The average molecular weight is 560 g/mol. The molecule has 4 heterocycles. The van der Waals surface area contributed by atoms with E-state index in [0.29, 0.717) is 29.1 Å². The molecule has 1 saturated carbocycles. The lowest BCUT2D eigenvalue weighted by Gasteiger charge is -2.35. The molecule has 0 radical (unpaired) electrons. The van der Waals surface area contributed by atoms with Crippen LogP contribution in [-0.4, -0.2) is 50.2 Å². The van der Waals surface area contributed by atoms with Gasteiger partial charge in [-0.15, -0.1) is 22.7 Å². The van der Waals surface area contributed by atoms with Gasteiger partial charge in [-0.3, -0.25) is 14.0 Å². The number of hydrogen-bond donors (Lipinski definition) is 1. The Balaban J connectivity index is 1.26. The highest BCUT2D eigenvalue weighted by Gasteiger charge is 2.36. The van der Waals surface area contributed by atoms with Gasteiger partial charge in [-0.05, 0) is 49.8 Å². The number of rotatable bonds is 6. The lowest BCUT2D eigenvalue weighted by Crippen LogP contribution is -2.49. The van der Waals surface area contributed by atoms with Crippen LogP contribution in [0.1, 0.15) is 69.6 Å². The Bertz CT molecular complexity index is 1500. The topological polar surface area (TPSA) is 79.6 Å². The average Bonchev–Trinajstić information content (AvgIpc) is 3.31. The zero-order valence-electron chi connectivity index (χ0n) is 20.2. The Labute approximate surface area is 224 Å². The first-order valence-electron chi connectivity index (χ1n) is 12.5. The van der Waals surface area contributed by atoms with Crippen molar-refractivity contribution in [2.45, 2.75) is 50.2 Å². The summed E-state index contributed by atoms with van der Waals surface area (Å²) in [6.45, 7) is 0.763. The molecule has 12 heteroatoms. The van der Waals surface area contributed by atoms with Gasteiger partial charge >= 0.3 is 6.18 Å². The monoisotopic (exact) mass is 559 g/mol. The van der Waals surface area contributed by atoms with E-state index in [9.17, 15) is 22.8 Å². The fraction of sp³-hybridized carbons (Fsp3) is 0.385. The number of fused-ring (bicyclic) bond motifs is 1. The normalized spacial score (nSPS) is 18.2. The van der Waals surface area contributed by atoms with Crippen molar-refractivity contribution in [1.29, 1.82) is 0 Å². The molecule has 1 aromatic carbocycles. The first kappa shape index (κ1) is 25.1. The van der Waals surface area contributed by atoms with Crippen LogP contribution in [0.4, 0.5) is 13.2 Å². The first-order valence-corrected chi connectivity index (χ1v) is 14.2. The Morgan fingerprint density at radius 2 is 2.00 bits per heavy atom. The molecule has 2 fully saturated rings. The quantitative estimate of drug-likeness (QED) is 0.322. The maximum absolute atomic E-state index is 13.9. The van der Waals surface area contributed by atoms with Gasteiger partial charge in [-0.25, -0.2) is 9.97 Å². The number of imidazole rings is 1. The number of likely N-dealkylation sites (tertiary alicyclic amines) is 1. The lowest BCUT2D eigenvalue weighted by atomic mass is 10.0. The van der Waals surface area contributed by atoms with Crippen LogP contribution in [0.3, 0.4) is 0 Å². The van der Waals surface area contributed by atoms with E-state index in [-0.39, 0.29) is 36.0 Å². The van der Waals surface area contributed by atoms with Crippen molar-refractivity contribution in [3.05, 3.63) is 64.0 Å². The zero-order chi connectivity index (χ0) is 26.4. The van der Waals surface area contributed by atoms with Crippen LogP contribution < -0.4 is 5.32 Å². The standard InChI is InChI=1S/C26H24F3N5O2S2/c27-26(28,29)17-5-3-4-16(12-17)21-20(32-23(38-21)15-7-8-15)24(36)33-9-2-1-6-18(33)13-30-22(35)19-14-31-25-34(19)10-11-37-25/h3-5,10-12,14-15,18H,1-2,6-9,13H2,(H,30,35)/t18-/m0/s1. The zero-order valence-corrected chi connectivity index (χ0v) is 21.8. The molecular weight excluding hydrogens is 535 g/mol. The maximum atomic E-state index is 13.9. The number of aromatic nitrogens is 3. The number of thiazole rings is 2. The van der Waals surface area contributed by atoms with E-state index in [2.05, 4.69) is 15.3 Å². The van der Waals surface area contributed by atoms with E-state index in [1.165, 1.54) is 34.9 Å². The smallest absolute Gasteiger partial charge is 0.349 e. The Morgan fingerprint density at radius 3 is 2.79 bits per heavy atom. The molecule has 4 aromatic rings. The van der Waals surface area contributed by atoms with Gasteiger partial charge in [0.15, 0.2) is 4.96 Å². The minimum atomic E-state index is -4.48. The molecule has 1 aliphatic heterocycles. The minimum absolute atomic E-state index is 0.199. The van der Waals surface area contributed by atoms with Crippen molar-refractivity contribution in [2.24, 2.45) is 0 Å². The first-order chi connectivity index (χ1) is 18.3. The molecule has 1 aliphatic carbocycles. The molecule has 7 nitrogen and oxygen atoms in total. The Morgan fingerprint density at radius 1 is 1.16 bits per heavy atom. The van der Waals surface area contributed by atoms with Gasteiger partial charge in [-0.2, -0.15) is 13.2 Å². The summed E-state index contributed by atoms with van der Waals surface area (Å²) in [6, 6.07) is 4.84. The summed E-state index contributed by atoms with van der Waals surface area (Å²) in [5, 5.41) is 5.59. The van der Waals surface area contributed by atoms with Crippen LogP contribution in [0, 0.1) is 0 Å². The molecule has 38 heavy (non-hydrogen) atoms. The molecule has 1 atom stereocenters. The molecule has 3 aromatic heterocycles. The molecule has 1 N–H and O–H groups in total. The van der Waals surface area contributed by atoms with Crippen molar-refractivity contribution >= 4 is 39.4 Å². The Hall–Kier alpha value is -3.25. The highest BCUT2D eigenvalue weighted by molar-refractivity contribution is 7.15. The van der Waals surface area contributed by atoms with E-state index < -0.39 is 11.7 Å². The summed E-state index contributed by atoms with van der Waals surface area (Å²) in [5.41, 5.74) is 0.212. The van der Waals surface area contributed by atoms with Crippen molar-refractivity contribution in [2.75, 3.05) is 13.1 Å². The van der Waals surface area contributed by atoms with Crippen molar-refractivity contribution < 1.29 is 22.8 Å². The molecule has 1 saturated heterocycles. The number of nitrogens with zero attached hydrogens (tertiary/aromatic N) is 4. The number of amides is 2. The lowest BCUT2D eigenvalue weighted by molar-refractivity contribution is -0.137. The maximum Gasteiger partial charge on any atom is 0.416 e. The highest BCUT2D eigenvalue weighted by atomic mass is 32.1. The summed E-state index contributed by atoms with van der Waals surface area (Å²) in [4.78, 5) is 38.6. The largest absolute Gasteiger partial charge is 0.416 e. The number of carbonyl (C=O) groups excluding carboxylic acids is 2. The number of hydrogen-bond acceptors (Lipinski definition) is 6. The van der Waals surface area contributed by atoms with E-state index in [4.69, 9.17) is 0 Å². The van der Waals surface area contributed by atoms with Crippen LogP contribution in [0.25, 0.3) is 15.4 Å².